The Balaban J connectivity index is 1.41. The number of para-hydroxylation sites is 1. The lowest BCUT2D eigenvalue weighted by molar-refractivity contribution is -0.113. The molecule has 4 rings (SSSR count). The Bertz CT molecular complexity index is 1310. The number of amides is 1. The Labute approximate surface area is 196 Å². The number of aromatic nitrogens is 1. The van der Waals surface area contributed by atoms with Crippen molar-refractivity contribution in [3.05, 3.63) is 91.3 Å². The Hall–Kier alpha value is -4.72. The molecule has 1 heterocycles. The van der Waals surface area contributed by atoms with Gasteiger partial charge in [0.15, 0.2) is 17.2 Å². The van der Waals surface area contributed by atoms with E-state index in [0.29, 0.717) is 40.0 Å². The predicted molar refractivity (Wildman–Crippen MR) is 129 cm³/mol. The van der Waals surface area contributed by atoms with E-state index in [1.807, 2.05) is 24.3 Å². The van der Waals surface area contributed by atoms with E-state index >= 15 is 0 Å². The van der Waals surface area contributed by atoms with Crippen LogP contribution in [0.5, 0.6) is 28.7 Å². The maximum absolute atomic E-state index is 12.4. The Morgan fingerprint density at radius 3 is 2.26 bits per heavy atom. The first kappa shape index (κ1) is 22.5. The number of methoxy groups -OCH3 is 2. The third-order valence-corrected chi connectivity index (χ3v) is 4.86. The maximum Gasteiger partial charge on any atom is 0.274 e. The van der Waals surface area contributed by atoms with E-state index in [2.05, 4.69) is 22.4 Å². The summed E-state index contributed by atoms with van der Waals surface area (Å²) < 4.78 is 16.8. The molecule has 0 saturated carbocycles. The molecule has 1 aromatic heterocycles. The van der Waals surface area contributed by atoms with Crippen LogP contribution in [0, 0.1) is 0 Å². The Morgan fingerprint density at radius 1 is 0.853 bits per heavy atom. The molecule has 1 amide bonds. The molecule has 0 aliphatic heterocycles. The summed E-state index contributed by atoms with van der Waals surface area (Å²) in [4.78, 5) is 22.1. The van der Waals surface area contributed by atoms with Crippen molar-refractivity contribution in [1.82, 2.24) is 10.5 Å². The number of pyridine rings is 1. The number of hydrogen-bond donors (Lipinski definition) is 2. The first-order valence-electron chi connectivity index (χ1n) is 10.3. The molecule has 8 heteroatoms. The Morgan fingerprint density at radius 2 is 1.56 bits per heavy atom. The zero-order valence-corrected chi connectivity index (χ0v) is 18.7. The number of carbonyl (C=O) groups excluding carboxylic acids is 1. The Kier molecular flexibility index (Phi) is 6.78. The monoisotopic (exact) mass is 457 g/mol. The number of anilines is 1. The van der Waals surface area contributed by atoms with Crippen LogP contribution in [-0.2, 0) is 4.79 Å². The van der Waals surface area contributed by atoms with Gasteiger partial charge in [-0.15, -0.1) is 0 Å². The quantitative estimate of drug-likeness (QED) is 0.268. The van der Waals surface area contributed by atoms with Gasteiger partial charge in [0, 0.05) is 23.3 Å². The van der Waals surface area contributed by atoms with Crippen molar-refractivity contribution < 1.29 is 23.8 Å². The summed E-state index contributed by atoms with van der Waals surface area (Å²) in [5.41, 5.74) is 3.89. The van der Waals surface area contributed by atoms with Crippen LogP contribution < -0.4 is 29.8 Å². The highest BCUT2D eigenvalue weighted by Crippen LogP contribution is 2.36. The van der Waals surface area contributed by atoms with Crippen molar-refractivity contribution in [2.45, 2.75) is 0 Å². The summed E-state index contributed by atoms with van der Waals surface area (Å²) >= 11 is 0. The highest BCUT2D eigenvalue weighted by Gasteiger charge is 2.12. The first-order valence-corrected chi connectivity index (χ1v) is 10.3. The van der Waals surface area contributed by atoms with Crippen LogP contribution >= 0.6 is 0 Å². The average molecular weight is 457 g/mol. The van der Waals surface area contributed by atoms with Gasteiger partial charge in [-0.25, -0.2) is 5.48 Å². The third kappa shape index (κ3) is 5.18. The topological polar surface area (TPSA) is 90.9 Å². The van der Waals surface area contributed by atoms with Crippen LogP contribution in [0.1, 0.15) is 0 Å². The smallest absolute Gasteiger partial charge is 0.274 e. The lowest BCUT2D eigenvalue weighted by Crippen LogP contribution is -2.27. The van der Waals surface area contributed by atoms with E-state index in [4.69, 9.17) is 19.0 Å². The summed E-state index contributed by atoms with van der Waals surface area (Å²) in [6.07, 6.45) is 1.66. The van der Waals surface area contributed by atoms with E-state index in [1.54, 1.807) is 68.9 Å². The minimum atomic E-state index is -0.425. The van der Waals surface area contributed by atoms with Crippen LogP contribution in [0.25, 0.3) is 10.9 Å². The summed E-state index contributed by atoms with van der Waals surface area (Å²) in [5.74, 6) is 2.51. The number of carbonyl (C=O) groups is 1. The minimum absolute atomic E-state index is 0.0665. The number of hydrogen-bond acceptors (Lipinski definition) is 7. The highest BCUT2D eigenvalue weighted by atomic mass is 16.6. The molecule has 34 heavy (non-hydrogen) atoms. The first-order chi connectivity index (χ1) is 16.6. The van der Waals surface area contributed by atoms with Gasteiger partial charge >= 0.3 is 0 Å². The molecule has 0 aliphatic carbocycles. The molecule has 0 atom stereocenters. The zero-order valence-electron chi connectivity index (χ0n) is 18.7. The molecule has 4 aromatic rings. The van der Waals surface area contributed by atoms with Gasteiger partial charge < -0.3 is 24.4 Å². The molecule has 0 fully saturated rings. The normalized spacial score (nSPS) is 10.3. The zero-order chi connectivity index (χ0) is 23.9. The van der Waals surface area contributed by atoms with Crippen molar-refractivity contribution in [2.24, 2.45) is 0 Å². The fourth-order valence-corrected chi connectivity index (χ4v) is 3.13. The summed E-state index contributed by atoms with van der Waals surface area (Å²) in [6.45, 7) is 3.70. The van der Waals surface area contributed by atoms with E-state index < -0.39 is 5.91 Å². The van der Waals surface area contributed by atoms with Gasteiger partial charge in [0.2, 0.25) is 0 Å². The fourth-order valence-electron chi connectivity index (χ4n) is 3.13. The lowest BCUT2D eigenvalue weighted by Gasteiger charge is -2.13. The van der Waals surface area contributed by atoms with Gasteiger partial charge in [-0.2, -0.15) is 0 Å². The summed E-state index contributed by atoms with van der Waals surface area (Å²) in [5, 5.41) is 3.53. The van der Waals surface area contributed by atoms with Crippen molar-refractivity contribution in [3.8, 4) is 28.7 Å². The molecule has 0 bridgehead atoms. The van der Waals surface area contributed by atoms with Gasteiger partial charge in [0.25, 0.3) is 5.91 Å². The molecule has 2 N–H and O–H groups in total. The van der Waals surface area contributed by atoms with Crippen LogP contribution in [0.2, 0.25) is 0 Å². The van der Waals surface area contributed by atoms with Crippen molar-refractivity contribution in [3.63, 3.8) is 0 Å². The van der Waals surface area contributed by atoms with Crippen LogP contribution in [0.3, 0.4) is 0 Å². The molecule has 0 saturated heterocycles. The van der Waals surface area contributed by atoms with Gasteiger partial charge in [-0.3, -0.25) is 9.78 Å². The highest BCUT2D eigenvalue weighted by molar-refractivity contribution is 6.02. The van der Waals surface area contributed by atoms with Gasteiger partial charge in [-0.05, 0) is 48.5 Å². The average Bonchev–Trinajstić information content (AvgIpc) is 2.88. The molecular weight excluding hydrogens is 434 g/mol. The second-order valence-electron chi connectivity index (χ2n) is 7.11. The van der Waals surface area contributed by atoms with Crippen LogP contribution in [-0.4, -0.2) is 25.1 Å². The second-order valence-corrected chi connectivity index (χ2v) is 7.11. The lowest BCUT2D eigenvalue weighted by atomic mass is 10.2. The van der Waals surface area contributed by atoms with Crippen LogP contribution in [0.4, 0.5) is 5.69 Å². The molecular formula is C26H23N3O5. The third-order valence-electron chi connectivity index (χ3n) is 4.86. The van der Waals surface area contributed by atoms with Crippen molar-refractivity contribution in [1.29, 1.82) is 0 Å². The number of fused-ring (bicyclic) bond motifs is 1. The fraction of sp³-hybridized carbons (Fsp3) is 0.0769. The number of ether oxygens (including phenoxy) is 3. The number of nitrogens with one attached hydrogen (secondary N) is 2. The van der Waals surface area contributed by atoms with Gasteiger partial charge in [0.1, 0.15) is 17.2 Å². The summed E-state index contributed by atoms with van der Waals surface area (Å²) in [6, 6.07) is 21.4. The standard InChI is InChI=1S/C26H23N3O5/c1-17(29-34-20-7-5-4-6-8-20)26(30)28-18-9-11-19(12-10-18)33-23-13-14-27-22-16-25(32-3)24(31-2)15-21(22)23/h4-16,29H,1H2,2-3H3,(H,28,30). The van der Waals surface area contributed by atoms with E-state index in [-0.39, 0.29) is 5.70 Å². The molecule has 8 nitrogen and oxygen atoms in total. The van der Waals surface area contributed by atoms with E-state index in [1.165, 1.54) is 0 Å². The molecule has 0 unspecified atom stereocenters. The molecule has 0 aliphatic rings. The van der Waals surface area contributed by atoms with Crippen LogP contribution in [0.15, 0.2) is 91.3 Å². The minimum Gasteiger partial charge on any atom is -0.493 e. The molecule has 172 valence electrons. The maximum atomic E-state index is 12.4. The van der Waals surface area contributed by atoms with E-state index in [9.17, 15) is 4.79 Å². The molecule has 3 aromatic carbocycles. The van der Waals surface area contributed by atoms with Crippen molar-refractivity contribution in [2.75, 3.05) is 19.5 Å². The largest absolute Gasteiger partial charge is 0.493 e. The van der Waals surface area contributed by atoms with Crippen molar-refractivity contribution >= 4 is 22.5 Å². The predicted octanol–water partition coefficient (Wildman–Crippen LogP) is 5.08. The number of benzene rings is 3. The number of hydroxylamine groups is 1. The second kappa shape index (κ2) is 10.3. The van der Waals surface area contributed by atoms with Gasteiger partial charge in [0.05, 0.1) is 19.7 Å². The molecule has 0 radical (unpaired) electrons. The van der Waals surface area contributed by atoms with Gasteiger partial charge in [-0.1, -0.05) is 24.8 Å². The molecule has 0 spiro atoms. The number of nitrogens with zero attached hydrogens (tertiary/aromatic N) is 1. The SMILES string of the molecule is C=C(NOc1ccccc1)C(=O)Nc1ccc(Oc2ccnc3cc(OC)c(OC)cc23)cc1. The summed E-state index contributed by atoms with van der Waals surface area (Å²) in [7, 11) is 3.15. The van der Waals surface area contributed by atoms with E-state index in [0.717, 1.165) is 5.39 Å². The number of rotatable bonds is 9.